The molecule has 0 saturated carbocycles. The molecule has 5 aromatic heterocycles. The van der Waals surface area contributed by atoms with Crippen molar-refractivity contribution in [3.63, 3.8) is 0 Å². The third-order valence-corrected chi connectivity index (χ3v) is 5.85. The first-order chi connectivity index (χ1) is 16.6. The van der Waals surface area contributed by atoms with Gasteiger partial charge in [-0.15, -0.1) is 0 Å². The molecule has 6 aromatic rings. The van der Waals surface area contributed by atoms with Crippen molar-refractivity contribution < 1.29 is 9.13 Å². The summed E-state index contributed by atoms with van der Waals surface area (Å²) in [5, 5.41) is 9.33. The van der Waals surface area contributed by atoms with E-state index in [1.807, 2.05) is 31.2 Å². The van der Waals surface area contributed by atoms with Crippen LogP contribution in [0, 0.1) is 12.7 Å². The van der Waals surface area contributed by atoms with Gasteiger partial charge >= 0.3 is 0 Å². The molecule has 2 N–H and O–H groups in total. The van der Waals surface area contributed by atoms with Crippen LogP contribution in [0.5, 0.6) is 5.75 Å². The minimum absolute atomic E-state index is 0.272. The van der Waals surface area contributed by atoms with Crippen LogP contribution in [0.3, 0.4) is 0 Å². The SMILES string of the molecule is COc1cncc(-c2cnc3[nH]nc(-c4cc5c(-c6cc(C)cc(F)c6)cncc5[nH]4)c3c2)c1. The smallest absolute Gasteiger partial charge is 0.155 e. The van der Waals surface area contributed by atoms with Gasteiger partial charge in [0.25, 0.3) is 0 Å². The molecule has 0 saturated heterocycles. The summed E-state index contributed by atoms with van der Waals surface area (Å²) in [6.45, 7) is 1.88. The van der Waals surface area contributed by atoms with Crippen LogP contribution < -0.4 is 4.74 Å². The van der Waals surface area contributed by atoms with Crippen LogP contribution in [0.15, 0.2) is 67.4 Å². The Morgan fingerprint density at radius 3 is 2.53 bits per heavy atom. The van der Waals surface area contributed by atoms with Crippen molar-refractivity contribution in [1.29, 1.82) is 0 Å². The van der Waals surface area contributed by atoms with E-state index in [9.17, 15) is 4.39 Å². The predicted molar refractivity (Wildman–Crippen MR) is 129 cm³/mol. The second kappa shape index (κ2) is 7.77. The molecule has 7 nitrogen and oxygen atoms in total. The van der Waals surface area contributed by atoms with Gasteiger partial charge in [-0.2, -0.15) is 5.10 Å². The highest BCUT2D eigenvalue weighted by Crippen LogP contribution is 2.35. The summed E-state index contributed by atoms with van der Waals surface area (Å²) < 4.78 is 19.4. The molecule has 0 spiro atoms. The minimum Gasteiger partial charge on any atom is -0.495 e. The van der Waals surface area contributed by atoms with Crippen molar-refractivity contribution in [1.82, 2.24) is 30.1 Å². The molecular formula is C26H19FN6O. The van der Waals surface area contributed by atoms with Crippen LogP contribution in [0.1, 0.15) is 5.56 Å². The van der Waals surface area contributed by atoms with Crippen molar-refractivity contribution in [3.8, 4) is 39.4 Å². The van der Waals surface area contributed by atoms with Crippen LogP contribution in [0.4, 0.5) is 4.39 Å². The number of pyridine rings is 3. The summed E-state index contributed by atoms with van der Waals surface area (Å²) in [6.07, 6.45) is 8.73. The van der Waals surface area contributed by atoms with Gasteiger partial charge in [0, 0.05) is 46.1 Å². The first-order valence-corrected chi connectivity index (χ1v) is 10.7. The van der Waals surface area contributed by atoms with Gasteiger partial charge in [-0.1, -0.05) is 6.07 Å². The number of benzene rings is 1. The highest BCUT2D eigenvalue weighted by Gasteiger charge is 2.16. The number of hydrogen-bond acceptors (Lipinski definition) is 5. The maximum absolute atomic E-state index is 14.1. The van der Waals surface area contributed by atoms with Gasteiger partial charge in [0.05, 0.1) is 30.7 Å². The second-order valence-electron chi connectivity index (χ2n) is 8.15. The molecule has 0 aliphatic carbocycles. The number of H-pyrrole nitrogens is 2. The molecule has 0 radical (unpaired) electrons. The molecule has 0 unspecified atom stereocenters. The quantitative estimate of drug-likeness (QED) is 0.360. The molecule has 0 bridgehead atoms. The number of aryl methyl sites for hydroxylation is 1. The monoisotopic (exact) mass is 450 g/mol. The standard InChI is InChI=1S/C26H19FN6O/c1-14-3-15(5-18(27)4-14)22-12-29-13-24-20(22)8-23(31-24)25-21-7-17(10-30-26(21)33-32-25)16-6-19(34-2)11-28-9-16/h3-13,31H,1-2H3,(H,30,32,33). The highest BCUT2D eigenvalue weighted by molar-refractivity contribution is 6.00. The zero-order valence-electron chi connectivity index (χ0n) is 18.4. The lowest BCUT2D eigenvalue weighted by molar-refractivity contribution is 0.413. The van der Waals surface area contributed by atoms with E-state index in [1.165, 1.54) is 12.1 Å². The summed E-state index contributed by atoms with van der Waals surface area (Å²) >= 11 is 0. The van der Waals surface area contributed by atoms with Crippen molar-refractivity contribution >= 4 is 21.9 Å². The van der Waals surface area contributed by atoms with Crippen LogP contribution in [-0.4, -0.2) is 37.2 Å². The number of hydrogen-bond donors (Lipinski definition) is 2. The largest absolute Gasteiger partial charge is 0.495 e. The van der Waals surface area contributed by atoms with Gasteiger partial charge in [0.15, 0.2) is 5.65 Å². The predicted octanol–water partition coefficient (Wildman–Crippen LogP) is 5.69. The minimum atomic E-state index is -0.272. The Morgan fingerprint density at radius 2 is 1.68 bits per heavy atom. The van der Waals surface area contributed by atoms with Gasteiger partial charge in [-0.25, -0.2) is 9.37 Å². The van der Waals surface area contributed by atoms with E-state index in [2.05, 4.69) is 30.1 Å². The zero-order valence-corrected chi connectivity index (χ0v) is 18.4. The molecule has 0 atom stereocenters. The summed E-state index contributed by atoms with van der Waals surface area (Å²) in [5.74, 6) is 0.403. The summed E-state index contributed by atoms with van der Waals surface area (Å²) in [7, 11) is 1.61. The fourth-order valence-corrected chi connectivity index (χ4v) is 4.26. The van der Waals surface area contributed by atoms with Crippen LogP contribution in [0.25, 0.3) is 55.6 Å². The maximum Gasteiger partial charge on any atom is 0.155 e. The maximum atomic E-state index is 14.1. The van der Waals surface area contributed by atoms with E-state index in [-0.39, 0.29) is 5.82 Å². The molecule has 0 fully saturated rings. The van der Waals surface area contributed by atoms with E-state index in [0.717, 1.165) is 55.5 Å². The molecule has 1 aromatic carbocycles. The molecule has 166 valence electrons. The number of rotatable bonds is 4. The van der Waals surface area contributed by atoms with Crippen LogP contribution >= 0.6 is 0 Å². The Morgan fingerprint density at radius 1 is 0.824 bits per heavy atom. The van der Waals surface area contributed by atoms with Gasteiger partial charge in [-0.3, -0.25) is 15.1 Å². The lowest BCUT2D eigenvalue weighted by Gasteiger charge is -2.05. The van der Waals surface area contributed by atoms with Gasteiger partial charge < -0.3 is 9.72 Å². The number of aromatic amines is 2. The normalized spacial score (nSPS) is 11.4. The summed E-state index contributed by atoms with van der Waals surface area (Å²) in [5.41, 5.74) is 7.34. The first-order valence-electron chi connectivity index (χ1n) is 10.7. The summed E-state index contributed by atoms with van der Waals surface area (Å²) in [6, 6.07) is 10.9. The van der Waals surface area contributed by atoms with E-state index in [4.69, 9.17) is 4.74 Å². The molecule has 5 heterocycles. The van der Waals surface area contributed by atoms with Gasteiger partial charge in [-0.05, 0) is 48.4 Å². The fourth-order valence-electron chi connectivity index (χ4n) is 4.26. The average Bonchev–Trinajstić information content (AvgIpc) is 3.46. The third-order valence-electron chi connectivity index (χ3n) is 5.85. The second-order valence-corrected chi connectivity index (χ2v) is 8.15. The Bertz CT molecular complexity index is 1670. The number of methoxy groups -OCH3 is 1. The van der Waals surface area contributed by atoms with Crippen molar-refractivity contribution in [2.24, 2.45) is 0 Å². The van der Waals surface area contributed by atoms with E-state index < -0.39 is 0 Å². The lowest BCUT2D eigenvalue weighted by atomic mass is 10.0. The summed E-state index contributed by atoms with van der Waals surface area (Å²) in [4.78, 5) is 16.6. The van der Waals surface area contributed by atoms with Gasteiger partial charge in [0.1, 0.15) is 17.3 Å². The van der Waals surface area contributed by atoms with E-state index in [0.29, 0.717) is 11.4 Å². The number of nitrogens with one attached hydrogen (secondary N) is 2. The first kappa shape index (κ1) is 20.0. The topological polar surface area (TPSA) is 92.4 Å². The third kappa shape index (κ3) is 3.36. The van der Waals surface area contributed by atoms with Crippen LogP contribution in [0.2, 0.25) is 0 Å². The van der Waals surface area contributed by atoms with Crippen LogP contribution in [-0.2, 0) is 0 Å². The molecule has 34 heavy (non-hydrogen) atoms. The molecule has 8 heteroatoms. The Hall–Kier alpha value is -4.59. The van der Waals surface area contributed by atoms with Crippen molar-refractivity contribution in [2.45, 2.75) is 6.92 Å². The Labute approximate surface area is 193 Å². The number of aromatic nitrogens is 6. The fraction of sp³-hybridized carbons (Fsp3) is 0.0769. The van der Waals surface area contributed by atoms with E-state index >= 15 is 0 Å². The Kier molecular flexibility index (Phi) is 4.58. The highest BCUT2D eigenvalue weighted by atomic mass is 19.1. The number of halogens is 1. The average molecular weight is 450 g/mol. The molecule has 6 rings (SSSR count). The van der Waals surface area contributed by atoms with Gasteiger partial charge in [0.2, 0.25) is 0 Å². The van der Waals surface area contributed by atoms with Crippen molar-refractivity contribution in [3.05, 3.63) is 78.8 Å². The number of ether oxygens (including phenoxy) is 1. The molecule has 0 amide bonds. The lowest BCUT2D eigenvalue weighted by Crippen LogP contribution is -1.87. The number of nitrogens with zero attached hydrogens (tertiary/aromatic N) is 4. The zero-order chi connectivity index (χ0) is 23.2. The molecule has 0 aliphatic rings. The number of fused-ring (bicyclic) bond motifs is 2. The molecule has 0 aliphatic heterocycles. The Balaban J connectivity index is 1.49. The van der Waals surface area contributed by atoms with Crippen molar-refractivity contribution in [2.75, 3.05) is 7.11 Å². The molecular weight excluding hydrogens is 431 g/mol. The van der Waals surface area contributed by atoms with E-state index in [1.54, 1.807) is 38.1 Å².